The molecule has 9 heteroatoms. The van der Waals surface area contributed by atoms with Crippen molar-refractivity contribution in [2.75, 3.05) is 18.5 Å². The highest BCUT2D eigenvalue weighted by Gasteiger charge is 2.24. The highest BCUT2D eigenvalue weighted by Crippen LogP contribution is 2.37. The van der Waals surface area contributed by atoms with E-state index in [4.69, 9.17) is 9.47 Å². The second kappa shape index (κ2) is 8.23. The molecule has 1 amide bonds. The molecule has 1 N–H and O–H groups in total. The molecular formula is C22H15FN2O6. The fraction of sp³-hybridized carbons (Fsp3) is 0.0909. The van der Waals surface area contributed by atoms with Crippen molar-refractivity contribution in [2.24, 2.45) is 0 Å². The molecule has 0 unspecified atom stereocenters. The van der Waals surface area contributed by atoms with E-state index in [-0.39, 0.29) is 34.7 Å². The van der Waals surface area contributed by atoms with Crippen molar-refractivity contribution in [3.8, 4) is 11.5 Å². The number of nitrogens with one attached hydrogen (secondary N) is 1. The van der Waals surface area contributed by atoms with E-state index < -0.39 is 22.4 Å². The zero-order chi connectivity index (χ0) is 22.0. The van der Waals surface area contributed by atoms with Gasteiger partial charge in [-0.05, 0) is 30.3 Å². The number of ketones is 1. The predicted octanol–water partition coefficient (Wildman–Crippen LogP) is 3.99. The smallest absolute Gasteiger partial charge is 0.269 e. The van der Waals surface area contributed by atoms with Gasteiger partial charge in [0.15, 0.2) is 17.3 Å². The fourth-order valence-corrected chi connectivity index (χ4v) is 3.10. The largest absolute Gasteiger partial charge is 0.486 e. The minimum absolute atomic E-state index is 0.0182. The van der Waals surface area contributed by atoms with Crippen molar-refractivity contribution < 1.29 is 28.4 Å². The van der Waals surface area contributed by atoms with Gasteiger partial charge in [0.1, 0.15) is 19.0 Å². The molecule has 3 aromatic carbocycles. The average molecular weight is 422 g/mol. The predicted molar refractivity (Wildman–Crippen MR) is 108 cm³/mol. The lowest BCUT2D eigenvalue weighted by Crippen LogP contribution is -2.19. The molecule has 0 radical (unpaired) electrons. The number of anilines is 1. The lowest BCUT2D eigenvalue weighted by molar-refractivity contribution is -0.384. The van der Waals surface area contributed by atoms with Gasteiger partial charge in [-0.1, -0.05) is 12.1 Å². The first-order chi connectivity index (χ1) is 14.9. The van der Waals surface area contributed by atoms with Crippen molar-refractivity contribution >= 4 is 23.1 Å². The van der Waals surface area contributed by atoms with Crippen LogP contribution in [0.1, 0.15) is 26.3 Å². The van der Waals surface area contributed by atoms with Gasteiger partial charge < -0.3 is 14.8 Å². The summed E-state index contributed by atoms with van der Waals surface area (Å²) in [4.78, 5) is 36.0. The molecule has 0 aliphatic carbocycles. The molecule has 0 saturated heterocycles. The Morgan fingerprint density at radius 1 is 0.935 bits per heavy atom. The first-order valence-electron chi connectivity index (χ1n) is 9.23. The Hall–Kier alpha value is -4.27. The van der Waals surface area contributed by atoms with Gasteiger partial charge in [-0.25, -0.2) is 4.39 Å². The summed E-state index contributed by atoms with van der Waals surface area (Å²) in [5.74, 6) is -1.31. The molecule has 4 rings (SSSR count). The highest BCUT2D eigenvalue weighted by molar-refractivity contribution is 6.16. The van der Waals surface area contributed by atoms with Crippen LogP contribution in [0.15, 0.2) is 60.7 Å². The van der Waals surface area contributed by atoms with Crippen LogP contribution in [-0.4, -0.2) is 29.8 Å². The third kappa shape index (κ3) is 4.06. The Kier molecular flexibility index (Phi) is 5.31. The van der Waals surface area contributed by atoms with E-state index in [0.29, 0.717) is 18.1 Å². The van der Waals surface area contributed by atoms with E-state index in [9.17, 15) is 24.1 Å². The number of fused-ring (bicyclic) bond motifs is 1. The van der Waals surface area contributed by atoms with E-state index in [0.717, 1.165) is 0 Å². The minimum Gasteiger partial charge on any atom is -0.486 e. The number of rotatable bonds is 5. The van der Waals surface area contributed by atoms with Crippen LogP contribution in [0.4, 0.5) is 15.8 Å². The van der Waals surface area contributed by atoms with Crippen LogP contribution in [-0.2, 0) is 0 Å². The number of ether oxygens (including phenoxy) is 2. The molecule has 31 heavy (non-hydrogen) atoms. The number of benzene rings is 3. The van der Waals surface area contributed by atoms with E-state index in [1.165, 1.54) is 60.7 Å². The number of non-ortho nitro benzene ring substituents is 1. The summed E-state index contributed by atoms with van der Waals surface area (Å²) in [5.41, 5.74) is -0.0634. The normalized spacial score (nSPS) is 12.2. The first-order valence-corrected chi connectivity index (χ1v) is 9.23. The van der Waals surface area contributed by atoms with Crippen LogP contribution >= 0.6 is 0 Å². The molecule has 0 atom stereocenters. The second-order valence-corrected chi connectivity index (χ2v) is 6.61. The van der Waals surface area contributed by atoms with Crippen molar-refractivity contribution in [1.29, 1.82) is 0 Å². The van der Waals surface area contributed by atoms with Crippen LogP contribution in [0.5, 0.6) is 11.5 Å². The van der Waals surface area contributed by atoms with E-state index >= 15 is 0 Å². The second-order valence-electron chi connectivity index (χ2n) is 6.61. The zero-order valence-electron chi connectivity index (χ0n) is 16.0. The maximum atomic E-state index is 14.2. The van der Waals surface area contributed by atoms with Gasteiger partial charge >= 0.3 is 0 Å². The lowest BCUT2D eigenvalue weighted by Gasteiger charge is -2.21. The third-order valence-corrected chi connectivity index (χ3v) is 4.63. The Morgan fingerprint density at radius 3 is 2.23 bits per heavy atom. The van der Waals surface area contributed by atoms with Gasteiger partial charge in [0.05, 0.1) is 21.7 Å². The Morgan fingerprint density at radius 2 is 1.58 bits per heavy atom. The van der Waals surface area contributed by atoms with Crippen molar-refractivity contribution in [3.05, 3.63) is 93.3 Å². The van der Waals surface area contributed by atoms with E-state index in [2.05, 4.69) is 5.32 Å². The van der Waals surface area contributed by atoms with Crippen LogP contribution in [0, 0.1) is 15.9 Å². The lowest BCUT2D eigenvalue weighted by atomic mass is 10.00. The minimum atomic E-state index is -0.699. The Bertz CT molecular complexity index is 1190. The van der Waals surface area contributed by atoms with Crippen LogP contribution in [0.3, 0.4) is 0 Å². The molecule has 0 fully saturated rings. The number of hydrogen-bond acceptors (Lipinski definition) is 6. The van der Waals surface area contributed by atoms with Gasteiger partial charge in [-0.2, -0.15) is 0 Å². The van der Waals surface area contributed by atoms with Crippen LogP contribution < -0.4 is 14.8 Å². The summed E-state index contributed by atoms with van der Waals surface area (Å²) in [5, 5.41) is 13.4. The third-order valence-electron chi connectivity index (χ3n) is 4.63. The number of hydrogen-bond donors (Lipinski definition) is 1. The average Bonchev–Trinajstić information content (AvgIpc) is 2.78. The zero-order valence-corrected chi connectivity index (χ0v) is 16.0. The Balaban J connectivity index is 1.72. The molecule has 156 valence electrons. The van der Waals surface area contributed by atoms with E-state index in [1.54, 1.807) is 0 Å². The topological polar surface area (TPSA) is 108 Å². The molecule has 1 aliphatic rings. The number of carbonyl (C=O) groups is 2. The standard InChI is InChI=1S/C22H15FN2O6/c23-17-4-2-1-3-15(17)21(26)16-11-19-20(31-10-9-30-19)12-18(16)24-22(27)13-5-7-14(8-6-13)25(28)29/h1-8,11-12H,9-10H2,(H,24,27). The fourth-order valence-electron chi connectivity index (χ4n) is 3.10. The summed E-state index contributed by atoms with van der Waals surface area (Å²) < 4.78 is 25.2. The molecule has 0 spiro atoms. The number of nitro benzene ring substituents is 1. The van der Waals surface area contributed by atoms with Gasteiger partial charge in [-0.3, -0.25) is 19.7 Å². The highest BCUT2D eigenvalue weighted by atomic mass is 19.1. The van der Waals surface area contributed by atoms with Crippen molar-refractivity contribution in [1.82, 2.24) is 0 Å². The quantitative estimate of drug-likeness (QED) is 0.378. The first kappa shape index (κ1) is 20.0. The van der Waals surface area contributed by atoms with Crippen molar-refractivity contribution in [2.45, 2.75) is 0 Å². The summed E-state index contributed by atoms with van der Waals surface area (Å²) in [7, 11) is 0. The number of amides is 1. The van der Waals surface area contributed by atoms with Crippen LogP contribution in [0.2, 0.25) is 0 Å². The molecule has 1 aliphatic heterocycles. The molecule has 0 bridgehead atoms. The van der Waals surface area contributed by atoms with Gasteiger partial charge in [0.25, 0.3) is 11.6 Å². The molecule has 8 nitrogen and oxygen atoms in total. The van der Waals surface area contributed by atoms with Gasteiger partial charge in [0.2, 0.25) is 0 Å². The molecule has 0 aromatic heterocycles. The summed E-state index contributed by atoms with van der Waals surface area (Å²) in [6.07, 6.45) is 0. The number of halogens is 1. The van der Waals surface area contributed by atoms with E-state index in [1.807, 2.05) is 0 Å². The van der Waals surface area contributed by atoms with Gasteiger partial charge in [-0.15, -0.1) is 0 Å². The number of nitro groups is 1. The summed E-state index contributed by atoms with van der Waals surface area (Å²) >= 11 is 0. The molecule has 3 aromatic rings. The molecule has 0 saturated carbocycles. The Labute approximate surface area is 175 Å². The monoisotopic (exact) mass is 422 g/mol. The summed E-state index contributed by atoms with van der Waals surface area (Å²) in [6.45, 7) is 0.582. The molecular weight excluding hydrogens is 407 g/mol. The summed E-state index contributed by atoms with van der Waals surface area (Å²) in [6, 6.07) is 13.3. The van der Waals surface area contributed by atoms with Crippen molar-refractivity contribution in [3.63, 3.8) is 0 Å². The van der Waals surface area contributed by atoms with Crippen LogP contribution in [0.25, 0.3) is 0 Å². The number of carbonyl (C=O) groups excluding carboxylic acids is 2. The van der Waals surface area contributed by atoms with Gasteiger partial charge in [0, 0.05) is 23.8 Å². The SMILES string of the molecule is O=C(Nc1cc2c(cc1C(=O)c1ccccc1F)OCCO2)c1ccc([N+](=O)[O-])cc1. The maximum Gasteiger partial charge on any atom is 0.269 e. The maximum absolute atomic E-state index is 14.2. The molecule has 1 heterocycles. The number of nitrogens with zero attached hydrogens (tertiary/aromatic N) is 1.